The number of benzene rings is 1. The number of aromatic nitrogens is 1. The Morgan fingerprint density at radius 1 is 0.968 bits per heavy atom. The second kappa shape index (κ2) is 6.60. The number of rotatable bonds is 4. The number of H-pyrrole nitrogens is 1. The normalized spacial score (nSPS) is 28.6. The van der Waals surface area contributed by atoms with Gasteiger partial charge in [0.05, 0.1) is 0 Å². The summed E-state index contributed by atoms with van der Waals surface area (Å²) in [6.07, 6.45) is 6.87. The van der Waals surface area contributed by atoms with E-state index in [1.165, 1.54) is 25.3 Å². The number of carbonyl (C=O) groups is 2. The van der Waals surface area contributed by atoms with Crippen LogP contribution in [0.1, 0.15) is 64.8 Å². The van der Waals surface area contributed by atoms with Gasteiger partial charge in [-0.3, -0.25) is 4.79 Å². The highest BCUT2D eigenvalue weighted by atomic mass is 16.4. The molecule has 4 bridgehead atoms. The second-order valence-electron chi connectivity index (χ2n) is 9.53. The number of carboxylic acids is 2. The molecule has 1 aromatic carbocycles. The number of anilines is 1. The van der Waals surface area contributed by atoms with Crippen molar-refractivity contribution in [2.24, 2.45) is 17.8 Å². The van der Waals surface area contributed by atoms with Crippen LogP contribution in [-0.4, -0.2) is 32.2 Å². The van der Waals surface area contributed by atoms with E-state index in [9.17, 15) is 29.7 Å². The first-order valence-corrected chi connectivity index (χ1v) is 10.5. The number of phenolic OH excluding ortho intramolecular Hbond substituents is 1. The molecule has 1 aromatic heterocycles. The third-order valence-electron chi connectivity index (χ3n) is 7.59. The number of aromatic hydroxyl groups is 1. The van der Waals surface area contributed by atoms with Crippen LogP contribution in [0.15, 0.2) is 23.0 Å². The molecule has 8 heteroatoms. The summed E-state index contributed by atoms with van der Waals surface area (Å²) in [6, 6.07) is 5.00. The molecule has 1 heterocycles. The van der Waals surface area contributed by atoms with Gasteiger partial charge in [0, 0.05) is 11.1 Å². The van der Waals surface area contributed by atoms with Gasteiger partial charge in [0.15, 0.2) is 0 Å². The summed E-state index contributed by atoms with van der Waals surface area (Å²) in [7, 11) is 0. The van der Waals surface area contributed by atoms with E-state index in [1.54, 1.807) is 6.07 Å². The van der Waals surface area contributed by atoms with Gasteiger partial charge in [0.1, 0.15) is 22.7 Å². The summed E-state index contributed by atoms with van der Waals surface area (Å²) in [5.41, 5.74) is 4.03. The number of nitrogens with one attached hydrogen (secondary N) is 1. The Morgan fingerprint density at radius 3 is 2.03 bits per heavy atom. The molecule has 4 aliphatic carbocycles. The quantitative estimate of drug-likeness (QED) is 0.505. The number of aromatic amines is 1. The zero-order valence-electron chi connectivity index (χ0n) is 16.9. The molecule has 6 rings (SSSR count). The summed E-state index contributed by atoms with van der Waals surface area (Å²) < 4.78 is 0. The molecule has 2 aromatic rings. The van der Waals surface area contributed by atoms with Gasteiger partial charge in [-0.2, -0.15) is 0 Å². The minimum Gasteiger partial charge on any atom is -0.507 e. The Bertz CT molecular complexity index is 1150. The lowest BCUT2D eigenvalue weighted by atomic mass is 9.48. The lowest BCUT2D eigenvalue weighted by Gasteiger charge is -2.57. The number of nitrogen functional groups attached to an aromatic ring is 1. The van der Waals surface area contributed by atoms with Crippen LogP contribution < -0.4 is 11.3 Å². The van der Waals surface area contributed by atoms with Crippen LogP contribution in [0.25, 0.3) is 11.1 Å². The van der Waals surface area contributed by atoms with Gasteiger partial charge in [-0.05, 0) is 79.4 Å². The lowest BCUT2D eigenvalue weighted by Crippen LogP contribution is -2.48. The minimum absolute atomic E-state index is 0.0147. The average Bonchev–Trinajstić information content (AvgIpc) is 2.65. The molecule has 0 atom stereocenters. The standard InChI is InChI=1S/C23H24N2O6/c24-19-17(21(28)29)16(18(22(30)31)20(27)25-19)14-6-13(1-2-15(14)26)23-7-10-3-11(8-23)5-12(4-10)9-23/h1-2,6,10-12,26H,3-5,7-9H2,(H,28,29)(H,30,31)(H3,24,25,27). The fourth-order valence-corrected chi connectivity index (χ4v) is 6.85. The minimum atomic E-state index is -1.58. The predicted molar refractivity (Wildman–Crippen MR) is 112 cm³/mol. The molecule has 0 spiro atoms. The van der Waals surface area contributed by atoms with E-state index in [0.29, 0.717) is 17.8 Å². The highest BCUT2D eigenvalue weighted by molar-refractivity contribution is 6.08. The van der Waals surface area contributed by atoms with Crippen molar-refractivity contribution in [2.45, 2.75) is 43.9 Å². The molecule has 4 fully saturated rings. The van der Waals surface area contributed by atoms with E-state index in [0.717, 1.165) is 24.8 Å². The van der Waals surface area contributed by atoms with Crippen molar-refractivity contribution in [2.75, 3.05) is 5.73 Å². The molecule has 0 saturated heterocycles. The number of hydrogen-bond acceptors (Lipinski definition) is 5. The molecule has 4 saturated carbocycles. The van der Waals surface area contributed by atoms with E-state index < -0.39 is 34.4 Å². The number of aromatic carboxylic acids is 2. The number of carboxylic acid groups (broad SMARTS) is 2. The van der Waals surface area contributed by atoms with Gasteiger partial charge in [-0.1, -0.05) is 6.07 Å². The van der Waals surface area contributed by atoms with Crippen LogP contribution in [0, 0.1) is 17.8 Å². The number of nitrogens with two attached hydrogens (primary N) is 1. The lowest BCUT2D eigenvalue weighted by molar-refractivity contribution is -0.00518. The summed E-state index contributed by atoms with van der Waals surface area (Å²) in [5.74, 6) is -1.79. The Morgan fingerprint density at radius 2 is 1.52 bits per heavy atom. The van der Waals surface area contributed by atoms with Crippen molar-refractivity contribution in [1.29, 1.82) is 0 Å². The van der Waals surface area contributed by atoms with Crippen LogP contribution in [0.3, 0.4) is 0 Å². The van der Waals surface area contributed by atoms with E-state index in [4.69, 9.17) is 5.73 Å². The Hall–Kier alpha value is -3.29. The number of phenols is 1. The molecule has 31 heavy (non-hydrogen) atoms. The van der Waals surface area contributed by atoms with Gasteiger partial charge in [0.2, 0.25) is 0 Å². The third-order valence-corrected chi connectivity index (χ3v) is 7.59. The molecule has 0 unspecified atom stereocenters. The monoisotopic (exact) mass is 424 g/mol. The van der Waals surface area contributed by atoms with Crippen molar-refractivity contribution >= 4 is 17.8 Å². The van der Waals surface area contributed by atoms with Crippen LogP contribution in [0.2, 0.25) is 0 Å². The Balaban J connectivity index is 1.74. The number of hydrogen-bond donors (Lipinski definition) is 5. The fourth-order valence-electron chi connectivity index (χ4n) is 6.85. The molecular formula is C23H24N2O6. The molecule has 0 amide bonds. The zero-order valence-corrected chi connectivity index (χ0v) is 16.9. The summed E-state index contributed by atoms with van der Waals surface area (Å²) in [4.78, 5) is 38.3. The molecule has 6 N–H and O–H groups in total. The zero-order chi connectivity index (χ0) is 22.1. The third kappa shape index (κ3) is 2.92. The second-order valence-corrected chi connectivity index (χ2v) is 9.53. The van der Waals surface area contributed by atoms with Crippen molar-refractivity contribution in [3.63, 3.8) is 0 Å². The Kier molecular flexibility index (Phi) is 4.19. The van der Waals surface area contributed by atoms with Crippen LogP contribution in [-0.2, 0) is 5.41 Å². The first-order chi connectivity index (χ1) is 14.7. The van der Waals surface area contributed by atoms with E-state index >= 15 is 0 Å². The van der Waals surface area contributed by atoms with Gasteiger partial charge in [0.25, 0.3) is 5.56 Å². The van der Waals surface area contributed by atoms with Crippen molar-refractivity contribution in [1.82, 2.24) is 4.98 Å². The maximum absolute atomic E-state index is 12.4. The van der Waals surface area contributed by atoms with Crippen molar-refractivity contribution in [3.8, 4) is 16.9 Å². The van der Waals surface area contributed by atoms with Gasteiger partial charge in [-0.25, -0.2) is 9.59 Å². The Labute approximate surface area is 177 Å². The van der Waals surface area contributed by atoms with Crippen LogP contribution >= 0.6 is 0 Å². The molecule has 8 nitrogen and oxygen atoms in total. The fraction of sp³-hybridized carbons (Fsp3) is 0.435. The number of pyridine rings is 1. The summed E-state index contributed by atoms with van der Waals surface area (Å²) in [6.45, 7) is 0. The highest BCUT2D eigenvalue weighted by Gasteiger charge is 2.51. The first-order valence-electron chi connectivity index (χ1n) is 10.5. The SMILES string of the molecule is Nc1[nH]c(=O)c(C(=O)O)c(-c2cc(C34CC5CC(CC(C5)C3)C4)ccc2O)c1C(=O)O. The van der Waals surface area contributed by atoms with Crippen molar-refractivity contribution in [3.05, 3.63) is 45.2 Å². The maximum Gasteiger partial charge on any atom is 0.342 e. The molecule has 162 valence electrons. The van der Waals surface area contributed by atoms with E-state index in [-0.39, 0.29) is 22.3 Å². The maximum atomic E-state index is 12.4. The average molecular weight is 424 g/mol. The highest BCUT2D eigenvalue weighted by Crippen LogP contribution is 2.61. The van der Waals surface area contributed by atoms with Crippen LogP contribution in [0.5, 0.6) is 5.75 Å². The molecule has 0 radical (unpaired) electrons. The van der Waals surface area contributed by atoms with Gasteiger partial charge in [-0.15, -0.1) is 0 Å². The van der Waals surface area contributed by atoms with E-state index in [2.05, 4.69) is 4.98 Å². The predicted octanol–water partition coefficient (Wildman–Crippen LogP) is 3.19. The first kappa shape index (κ1) is 19.7. The van der Waals surface area contributed by atoms with Gasteiger partial charge < -0.3 is 26.0 Å². The summed E-state index contributed by atoms with van der Waals surface area (Å²) >= 11 is 0. The van der Waals surface area contributed by atoms with Crippen molar-refractivity contribution < 1.29 is 24.9 Å². The van der Waals surface area contributed by atoms with Crippen LogP contribution in [0.4, 0.5) is 5.82 Å². The largest absolute Gasteiger partial charge is 0.507 e. The molecule has 4 aliphatic rings. The van der Waals surface area contributed by atoms with Gasteiger partial charge >= 0.3 is 11.9 Å². The molecule has 0 aliphatic heterocycles. The van der Waals surface area contributed by atoms with E-state index in [1.807, 2.05) is 6.07 Å². The topological polar surface area (TPSA) is 154 Å². The summed E-state index contributed by atoms with van der Waals surface area (Å²) in [5, 5.41) is 30.0. The smallest absolute Gasteiger partial charge is 0.342 e. The molecular weight excluding hydrogens is 400 g/mol.